The number of hydrogen-bond acceptors (Lipinski definition) is 4. The summed E-state index contributed by atoms with van der Waals surface area (Å²) in [7, 11) is 0. The van der Waals surface area contributed by atoms with Gasteiger partial charge in [-0.1, -0.05) is 45.2 Å². The minimum absolute atomic E-state index is 0.266. The van der Waals surface area contributed by atoms with E-state index >= 15 is 0 Å². The predicted octanol–water partition coefficient (Wildman–Crippen LogP) is 3.85. The molecule has 1 aliphatic carbocycles. The van der Waals surface area contributed by atoms with Gasteiger partial charge in [-0.2, -0.15) is 4.98 Å². The summed E-state index contributed by atoms with van der Waals surface area (Å²) >= 11 is 0. The molecule has 0 aliphatic heterocycles. The molecule has 2 rings (SSSR count). The van der Waals surface area contributed by atoms with Crippen LogP contribution in [0.15, 0.2) is 4.52 Å². The molecule has 0 bridgehead atoms. The van der Waals surface area contributed by atoms with Crippen molar-refractivity contribution < 1.29 is 4.52 Å². The van der Waals surface area contributed by atoms with E-state index in [1.54, 1.807) is 0 Å². The maximum Gasteiger partial charge on any atom is 0.231 e. The Morgan fingerprint density at radius 3 is 2.80 bits per heavy atom. The molecule has 4 unspecified atom stereocenters. The fourth-order valence-electron chi connectivity index (χ4n) is 3.21. The molecule has 1 N–H and O–H groups in total. The maximum absolute atomic E-state index is 5.51. The first-order chi connectivity index (χ1) is 9.65. The Kier molecular flexibility index (Phi) is 5.58. The third kappa shape index (κ3) is 3.60. The molecule has 0 spiro atoms. The minimum Gasteiger partial charge on any atom is -0.339 e. The summed E-state index contributed by atoms with van der Waals surface area (Å²) in [5, 5.41) is 7.68. The lowest BCUT2D eigenvalue weighted by Gasteiger charge is -2.26. The van der Waals surface area contributed by atoms with Gasteiger partial charge >= 0.3 is 0 Å². The van der Waals surface area contributed by atoms with Gasteiger partial charge in [-0.15, -0.1) is 0 Å². The molecule has 4 nitrogen and oxygen atoms in total. The Morgan fingerprint density at radius 2 is 2.10 bits per heavy atom. The molecular weight excluding hydrogens is 250 g/mol. The van der Waals surface area contributed by atoms with Crippen molar-refractivity contribution in [2.24, 2.45) is 5.92 Å². The van der Waals surface area contributed by atoms with E-state index in [4.69, 9.17) is 4.52 Å². The molecule has 114 valence electrons. The molecule has 1 aliphatic rings. The molecule has 1 aromatic rings. The molecule has 4 atom stereocenters. The summed E-state index contributed by atoms with van der Waals surface area (Å²) < 4.78 is 5.51. The van der Waals surface area contributed by atoms with Crippen LogP contribution in [0.2, 0.25) is 0 Å². The second-order valence-corrected chi connectivity index (χ2v) is 6.26. The maximum atomic E-state index is 5.51. The number of hydrogen-bond donors (Lipinski definition) is 1. The van der Waals surface area contributed by atoms with Crippen molar-refractivity contribution in [1.82, 2.24) is 15.5 Å². The molecule has 4 heteroatoms. The second kappa shape index (κ2) is 7.21. The van der Waals surface area contributed by atoms with Gasteiger partial charge in [0.25, 0.3) is 0 Å². The zero-order chi connectivity index (χ0) is 14.5. The van der Waals surface area contributed by atoms with Gasteiger partial charge in [-0.3, -0.25) is 0 Å². The van der Waals surface area contributed by atoms with Crippen molar-refractivity contribution in [3.63, 3.8) is 0 Å². The van der Waals surface area contributed by atoms with Crippen LogP contribution in [0.1, 0.15) is 83.3 Å². The molecule has 0 saturated heterocycles. The Balaban J connectivity index is 2.01. The molecule has 1 fully saturated rings. The van der Waals surface area contributed by atoms with Gasteiger partial charge in [0.15, 0.2) is 5.82 Å². The molecular formula is C16H29N3O. The lowest BCUT2D eigenvalue weighted by Crippen LogP contribution is -2.30. The first kappa shape index (κ1) is 15.5. The van der Waals surface area contributed by atoms with Gasteiger partial charge in [0, 0.05) is 12.0 Å². The van der Waals surface area contributed by atoms with Crippen molar-refractivity contribution in [3.8, 4) is 0 Å². The molecule has 1 heterocycles. The third-order valence-corrected chi connectivity index (χ3v) is 4.85. The Morgan fingerprint density at radius 1 is 1.30 bits per heavy atom. The molecule has 0 radical (unpaired) electrons. The number of nitrogens with one attached hydrogen (secondary N) is 1. The van der Waals surface area contributed by atoms with Gasteiger partial charge in [-0.05, 0) is 32.2 Å². The van der Waals surface area contributed by atoms with Crippen LogP contribution in [0.4, 0.5) is 0 Å². The van der Waals surface area contributed by atoms with E-state index in [0.717, 1.165) is 24.2 Å². The third-order valence-electron chi connectivity index (χ3n) is 4.85. The largest absolute Gasteiger partial charge is 0.339 e. The van der Waals surface area contributed by atoms with Crippen molar-refractivity contribution in [2.75, 3.05) is 6.54 Å². The summed E-state index contributed by atoms with van der Waals surface area (Å²) in [6.45, 7) is 9.70. The van der Waals surface area contributed by atoms with Crippen LogP contribution in [-0.2, 0) is 0 Å². The van der Waals surface area contributed by atoms with E-state index in [2.05, 4.69) is 43.2 Å². The zero-order valence-corrected chi connectivity index (χ0v) is 13.4. The van der Waals surface area contributed by atoms with Crippen LogP contribution in [-0.4, -0.2) is 22.7 Å². The zero-order valence-electron chi connectivity index (χ0n) is 13.4. The van der Waals surface area contributed by atoms with Gasteiger partial charge in [0.2, 0.25) is 5.89 Å². The average Bonchev–Trinajstić information content (AvgIpc) is 2.96. The van der Waals surface area contributed by atoms with E-state index in [1.807, 2.05) is 0 Å². The lowest BCUT2D eigenvalue weighted by molar-refractivity contribution is 0.294. The molecule has 20 heavy (non-hydrogen) atoms. The highest BCUT2D eigenvalue weighted by atomic mass is 16.5. The van der Waals surface area contributed by atoms with Crippen molar-refractivity contribution in [1.29, 1.82) is 0 Å². The standard InChI is InChI=1S/C16H29N3O/c1-5-13-8-7-9-14(10-13)15-18-16(20-19-15)11(3)12(4)17-6-2/h11-14,17H,5-10H2,1-4H3. The van der Waals surface area contributed by atoms with E-state index < -0.39 is 0 Å². The SMILES string of the molecule is CCNC(C)C(C)c1nc(C2CCCC(CC)C2)no1. The highest BCUT2D eigenvalue weighted by molar-refractivity contribution is 5.02. The summed E-state index contributed by atoms with van der Waals surface area (Å²) in [5.74, 6) is 3.34. The number of aromatic nitrogens is 2. The Labute approximate surface area is 122 Å². The average molecular weight is 279 g/mol. The van der Waals surface area contributed by atoms with Crippen LogP contribution in [0.5, 0.6) is 0 Å². The van der Waals surface area contributed by atoms with E-state index in [9.17, 15) is 0 Å². The smallest absolute Gasteiger partial charge is 0.231 e. The monoisotopic (exact) mass is 279 g/mol. The Bertz CT molecular complexity index is 404. The number of nitrogens with zero attached hydrogens (tertiary/aromatic N) is 2. The van der Waals surface area contributed by atoms with Gasteiger partial charge in [-0.25, -0.2) is 0 Å². The van der Waals surface area contributed by atoms with E-state index in [-0.39, 0.29) is 5.92 Å². The van der Waals surface area contributed by atoms with Gasteiger partial charge < -0.3 is 9.84 Å². The normalized spacial score (nSPS) is 26.4. The lowest BCUT2D eigenvalue weighted by atomic mass is 9.80. The topological polar surface area (TPSA) is 51.0 Å². The van der Waals surface area contributed by atoms with Gasteiger partial charge in [0.05, 0.1) is 5.92 Å². The Hall–Kier alpha value is -0.900. The first-order valence-corrected chi connectivity index (χ1v) is 8.22. The summed E-state index contributed by atoms with van der Waals surface area (Å²) in [6.07, 6.45) is 6.39. The van der Waals surface area contributed by atoms with Crippen LogP contribution in [0.3, 0.4) is 0 Å². The molecule has 1 saturated carbocycles. The first-order valence-electron chi connectivity index (χ1n) is 8.22. The summed E-state index contributed by atoms with van der Waals surface area (Å²) in [4.78, 5) is 4.69. The summed E-state index contributed by atoms with van der Waals surface area (Å²) in [6, 6.07) is 0.364. The predicted molar refractivity (Wildman–Crippen MR) is 80.8 cm³/mol. The van der Waals surface area contributed by atoms with Crippen LogP contribution < -0.4 is 5.32 Å². The molecule has 1 aromatic heterocycles. The van der Waals surface area contributed by atoms with Gasteiger partial charge in [0.1, 0.15) is 0 Å². The summed E-state index contributed by atoms with van der Waals surface area (Å²) in [5.41, 5.74) is 0. The van der Waals surface area contributed by atoms with Crippen molar-refractivity contribution in [3.05, 3.63) is 11.7 Å². The highest BCUT2D eigenvalue weighted by Crippen LogP contribution is 2.36. The fourth-order valence-corrected chi connectivity index (χ4v) is 3.21. The minimum atomic E-state index is 0.266. The molecule has 0 amide bonds. The highest BCUT2D eigenvalue weighted by Gasteiger charge is 2.27. The quantitative estimate of drug-likeness (QED) is 0.859. The van der Waals surface area contributed by atoms with Crippen LogP contribution in [0, 0.1) is 5.92 Å². The van der Waals surface area contributed by atoms with Crippen LogP contribution >= 0.6 is 0 Å². The molecule has 0 aromatic carbocycles. The fraction of sp³-hybridized carbons (Fsp3) is 0.875. The van der Waals surface area contributed by atoms with Crippen molar-refractivity contribution in [2.45, 2.75) is 77.7 Å². The van der Waals surface area contributed by atoms with Crippen molar-refractivity contribution >= 4 is 0 Å². The second-order valence-electron chi connectivity index (χ2n) is 6.26. The van der Waals surface area contributed by atoms with Crippen LogP contribution in [0.25, 0.3) is 0 Å². The van der Waals surface area contributed by atoms with E-state index in [0.29, 0.717) is 12.0 Å². The van der Waals surface area contributed by atoms with E-state index in [1.165, 1.54) is 32.1 Å². The number of rotatable bonds is 6. The number of likely N-dealkylation sites (N-methyl/N-ethyl adjacent to an activating group) is 1.